The smallest absolute Gasteiger partial charge is 0.287 e. The Labute approximate surface area is 104 Å². The monoisotopic (exact) mass is 258 g/mol. The number of primary amides is 1. The number of rotatable bonds is 6. The zero-order valence-corrected chi connectivity index (χ0v) is 10.3. The summed E-state index contributed by atoms with van der Waals surface area (Å²) in [5.74, 6) is -0.531. The summed E-state index contributed by atoms with van der Waals surface area (Å²) in [7, 11) is 0. The van der Waals surface area contributed by atoms with Gasteiger partial charge in [0.05, 0.1) is 18.4 Å². The SMILES string of the molecule is CCCCn1ncc(NCC(N)=O)c(Cl)c1=O. The first-order valence-electron chi connectivity index (χ1n) is 5.34. The van der Waals surface area contributed by atoms with Gasteiger partial charge in [-0.1, -0.05) is 24.9 Å². The topological polar surface area (TPSA) is 90.0 Å². The molecule has 3 N–H and O–H groups in total. The summed E-state index contributed by atoms with van der Waals surface area (Å²) in [6.45, 7) is 2.47. The van der Waals surface area contributed by atoms with E-state index in [0.717, 1.165) is 12.8 Å². The molecule has 0 atom stereocenters. The second-order valence-corrected chi connectivity index (χ2v) is 3.95. The third kappa shape index (κ3) is 3.74. The molecular formula is C10H15ClN4O2. The Balaban J connectivity index is 2.86. The number of nitrogens with one attached hydrogen (secondary N) is 1. The Hall–Kier alpha value is -1.56. The average molecular weight is 259 g/mol. The quantitative estimate of drug-likeness (QED) is 0.782. The molecule has 1 heterocycles. The highest BCUT2D eigenvalue weighted by Crippen LogP contribution is 2.14. The normalized spacial score (nSPS) is 10.2. The molecule has 0 radical (unpaired) electrons. The molecule has 1 aromatic heterocycles. The molecule has 0 saturated carbocycles. The number of carbonyl (C=O) groups is 1. The minimum atomic E-state index is -0.531. The number of carbonyl (C=O) groups excluding carboxylic acids is 1. The van der Waals surface area contributed by atoms with E-state index in [1.807, 2.05) is 6.92 Å². The predicted octanol–water partition coefficient (Wildman–Crippen LogP) is 0.594. The van der Waals surface area contributed by atoms with E-state index >= 15 is 0 Å². The van der Waals surface area contributed by atoms with Crippen LogP contribution in [0.15, 0.2) is 11.0 Å². The van der Waals surface area contributed by atoms with Gasteiger partial charge >= 0.3 is 0 Å². The van der Waals surface area contributed by atoms with Gasteiger partial charge in [-0.05, 0) is 6.42 Å². The molecule has 7 heteroatoms. The van der Waals surface area contributed by atoms with Gasteiger partial charge in [0.25, 0.3) is 5.56 Å². The van der Waals surface area contributed by atoms with E-state index in [1.165, 1.54) is 10.9 Å². The van der Waals surface area contributed by atoms with Crippen molar-refractivity contribution in [1.82, 2.24) is 9.78 Å². The van der Waals surface area contributed by atoms with E-state index in [2.05, 4.69) is 10.4 Å². The zero-order valence-electron chi connectivity index (χ0n) is 9.57. The van der Waals surface area contributed by atoms with Gasteiger partial charge in [0, 0.05) is 6.54 Å². The Morgan fingerprint density at radius 1 is 1.65 bits per heavy atom. The highest BCUT2D eigenvalue weighted by molar-refractivity contribution is 6.33. The first-order valence-corrected chi connectivity index (χ1v) is 5.71. The molecule has 0 fully saturated rings. The molecule has 0 aliphatic heterocycles. The van der Waals surface area contributed by atoms with E-state index < -0.39 is 5.91 Å². The van der Waals surface area contributed by atoms with Gasteiger partial charge < -0.3 is 11.1 Å². The van der Waals surface area contributed by atoms with Crippen molar-refractivity contribution in [2.75, 3.05) is 11.9 Å². The van der Waals surface area contributed by atoms with Gasteiger partial charge in [0.1, 0.15) is 5.02 Å². The summed E-state index contributed by atoms with van der Waals surface area (Å²) >= 11 is 5.87. The van der Waals surface area contributed by atoms with Crippen LogP contribution >= 0.6 is 11.6 Å². The van der Waals surface area contributed by atoms with Crippen molar-refractivity contribution in [3.8, 4) is 0 Å². The van der Waals surface area contributed by atoms with Gasteiger partial charge in [0.2, 0.25) is 5.91 Å². The summed E-state index contributed by atoms with van der Waals surface area (Å²) in [6.07, 6.45) is 3.24. The van der Waals surface area contributed by atoms with E-state index in [9.17, 15) is 9.59 Å². The fourth-order valence-electron chi connectivity index (χ4n) is 1.24. The van der Waals surface area contributed by atoms with Crippen LogP contribution in [-0.4, -0.2) is 22.2 Å². The fraction of sp³-hybridized carbons (Fsp3) is 0.500. The summed E-state index contributed by atoms with van der Waals surface area (Å²) in [6, 6.07) is 0. The van der Waals surface area contributed by atoms with Crippen molar-refractivity contribution in [2.45, 2.75) is 26.3 Å². The standard InChI is InChI=1S/C10H15ClN4O2/c1-2-3-4-15-10(17)9(11)7(5-14-15)13-6-8(12)16/h5,13H,2-4,6H2,1H3,(H2,12,16). The molecule has 6 nitrogen and oxygen atoms in total. The summed E-state index contributed by atoms with van der Waals surface area (Å²) in [5, 5.41) is 6.64. The predicted molar refractivity (Wildman–Crippen MR) is 66.1 cm³/mol. The second-order valence-electron chi connectivity index (χ2n) is 3.57. The Morgan fingerprint density at radius 3 is 2.94 bits per heavy atom. The minimum Gasteiger partial charge on any atom is -0.373 e. The molecule has 17 heavy (non-hydrogen) atoms. The number of unbranched alkanes of at least 4 members (excludes halogenated alkanes) is 1. The number of aromatic nitrogens is 2. The lowest BCUT2D eigenvalue weighted by molar-refractivity contribution is -0.116. The van der Waals surface area contributed by atoms with Crippen molar-refractivity contribution in [1.29, 1.82) is 0 Å². The fourth-order valence-corrected chi connectivity index (χ4v) is 1.45. The molecule has 0 aliphatic carbocycles. The van der Waals surface area contributed by atoms with Crippen LogP contribution in [0, 0.1) is 0 Å². The van der Waals surface area contributed by atoms with Gasteiger partial charge in [-0.3, -0.25) is 9.59 Å². The van der Waals surface area contributed by atoms with Crippen LogP contribution in [0.1, 0.15) is 19.8 Å². The molecule has 0 aromatic carbocycles. The number of hydrogen-bond acceptors (Lipinski definition) is 4. The largest absolute Gasteiger partial charge is 0.373 e. The number of hydrogen-bond donors (Lipinski definition) is 2. The number of aryl methyl sites for hydroxylation is 1. The molecule has 1 aromatic rings. The van der Waals surface area contributed by atoms with Crippen molar-refractivity contribution in [3.63, 3.8) is 0 Å². The molecule has 0 bridgehead atoms. The maximum absolute atomic E-state index is 11.8. The Bertz CT molecular complexity index is 458. The van der Waals surface area contributed by atoms with Gasteiger partial charge in [0.15, 0.2) is 0 Å². The highest BCUT2D eigenvalue weighted by atomic mass is 35.5. The second kappa shape index (κ2) is 6.24. The molecular weight excluding hydrogens is 244 g/mol. The first-order chi connectivity index (χ1) is 8.06. The molecule has 0 spiro atoms. The van der Waals surface area contributed by atoms with E-state index in [0.29, 0.717) is 12.2 Å². The average Bonchev–Trinajstić information content (AvgIpc) is 2.29. The number of halogens is 1. The van der Waals surface area contributed by atoms with Crippen LogP contribution in [0.4, 0.5) is 5.69 Å². The summed E-state index contributed by atoms with van der Waals surface area (Å²) in [5.41, 5.74) is 4.93. The van der Waals surface area contributed by atoms with Gasteiger partial charge in [-0.25, -0.2) is 4.68 Å². The van der Waals surface area contributed by atoms with Gasteiger partial charge in [-0.15, -0.1) is 0 Å². The maximum Gasteiger partial charge on any atom is 0.287 e. The third-order valence-corrected chi connectivity index (χ3v) is 2.53. The zero-order chi connectivity index (χ0) is 12.8. The van der Waals surface area contributed by atoms with E-state index in [-0.39, 0.29) is 17.1 Å². The van der Waals surface area contributed by atoms with Crippen LogP contribution in [0.3, 0.4) is 0 Å². The highest BCUT2D eigenvalue weighted by Gasteiger charge is 2.09. The van der Waals surface area contributed by atoms with Crippen LogP contribution in [0.25, 0.3) is 0 Å². The Kier molecular flexibility index (Phi) is 4.96. The minimum absolute atomic E-state index is 0.0253. The lowest BCUT2D eigenvalue weighted by Crippen LogP contribution is -2.26. The van der Waals surface area contributed by atoms with E-state index in [1.54, 1.807) is 0 Å². The third-order valence-electron chi connectivity index (χ3n) is 2.16. The number of amides is 1. The molecule has 0 unspecified atom stereocenters. The van der Waals surface area contributed by atoms with Crippen molar-refractivity contribution >= 4 is 23.2 Å². The number of nitrogens with two attached hydrogens (primary N) is 1. The number of nitrogens with zero attached hydrogens (tertiary/aromatic N) is 2. The van der Waals surface area contributed by atoms with Crippen LogP contribution in [-0.2, 0) is 11.3 Å². The van der Waals surface area contributed by atoms with Crippen molar-refractivity contribution in [3.05, 3.63) is 21.6 Å². The van der Waals surface area contributed by atoms with Crippen LogP contribution < -0.4 is 16.6 Å². The van der Waals surface area contributed by atoms with Crippen molar-refractivity contribution < 1.29 is 4.79 Å². The van der Waals surface area contributed by atoms with Crippen molar-refractivity contribution in [2.24, 2.45) is 5.73 Å². The van der Waals surface area contributed by atoms with Crippen LogP contribution in [0.5, 0.6) is 0 Å². The molecule has 1 amide bonds. The molecule has 94 valence electrons. The Morgan fingerprint density at radius 2 is 2.35 bits per heavy atom. The summed E-state index contributed by atoms with van der Waals surface area (Å²) < 4.78 is 1.31. The van der Waals surface area contributed by atoms with Crippen LogP contribution in [0.2, 0.25) is 5.02 Å². The maximum atomic E-state index is 11.8. The first kappa shape index (κ1) is 13.5. The molecule has 1 rings (SSSR count). The number of anilines is 1. The van der Waals surface area contributed by atoms with Gasteiger partial charge in [-0.2, -0.15) is 5.10 Å². The molecule has 0 saturated heterocycles. The lowest BCUT2D eigenvalue weighted by Gasteiger charge is -2.08. The lowest BCUT2D eigenvalue weighted by atomic mass is 10.3. The summed E-state index contributed by atoms with van der Waals surface area (Å²) in [4.78, 5) is 22.3. The molecule has 0 aliphatic rings. The van der Waals surface area contributed by atoms with E-state index in [4.69, 9.17) is 17.3 Å².